The molecule has 1 N–H and O–H groups in total. The van der Waals surface area contributed by atoms with Crippen LogP contribution in [-0.2, 0) is 14.6 Å². The van der Waals surface area contributed by atoms with Crippen LogP contribution >= 0.6 is 0 Å². The zero-order valence-electron chi connectivity index (χ0n) is 13.7. The Morgan fingerprint density at radius 2 is 2.04 bits per heavy atom. The lowest BCUT2D eigenvalue weighted by Crippen LogP contribution is -2.31. The zero-order valence-corrected chi connectivity index (χ0v) is 14.6. The number of amides is 1. The number of carbonyl (C=O) groups excluding carboxylic acids is 1. The van der Waals surface area contributed by atoms with Gasteiger partial charge < -0.3 is 10.1 Å². The van der Waals surface area contributed by atoms with Crippen LogP contribution in [0.1, 0.15) is 43.0 Å². The number of benzene rings is 1. The molecule has 1 fully saturated rings. The molecule has 6 heteroatoms. The largest absolute Gasteiger partial charge is 0.376 e. The van der Waals surface area contributed by atoms with E-state index in [0.717, 1.165) is 12.7 Å². The second kappa shape index (κ2) is 7.93. The van der Waals surface area contributed by atoms with Crippen LogP contribution < -0.4 is 5.32 Å². The minimum Gasteiger partial charge on any atom is -0.376 e. The molecule has 2 rings (SSSR count). The molecule has 128 valence electrons. The van der Waals surface area contributed by atoms with Gasteiger partial charge in [-0.2, -0.15) is 0 Å². The lowest BCUT2D eigenvalue weighted by molar-refractivity contribution is -0.00293. The van der Waals surface area contributed by atoms with Crippen LogP contribution in [0.5, 0.6) is 0 Å². The highest BCUT2D eigenvalue weighted by Gasteiger charge is 2.21. The van der Waals surface area contributed by atoms with Gasteiger partial charge in [0.05, 0.1) is 17.6 Å². The van der Waals surface area contributed by atoms with Crippen molar-refractivity contribution in [3.8, 4) is 0 Å². The molecule has 0 unspecified atom stereocenters. The van der Waals surface area contributed by atoms with Crippen LogP contribution in [0.2, 0.25) is 0 Å². The molecular formula is C17H25NO4S. The Hall–Kier alpha value is -1.40. The lowest BCUT2D eigenvalue weighted by Gasteiger charge is -2.28. The fourth-order valence-corrected chi connectivity index (χ4v) is 3.54. The molecular weight excluding hydrogens is 314 g/mol. The maximum Gasteiger partial charge on any atom is 0.251 e. The summed E-state index contributed by atoms with van der Waals surface area (Å²) in [5.41, 5.74) is 0.346. The third-order valence-electron chi connectivity index (χ3n) is 4.28. The van der Waals surface area contributed by atoms with Crippen LogP contribution in [0, 0.1) is 5.92 Å². The van der Waals surface area contributed by atoms with Gasteiger partial charge >= 0.3 is 0 Å². The molecule has 1 amide bonds. The number of hydrogen-bond donors (Lipinski definition) is 1. The fraction of sp³-hybridized carbons (Fsp3) is 0.588. The maximum atomic E-state index is 12.1. The minimum absolute atomic E-state index is 0.150. The van der Waals surface area contributed by atoms with Crippen LogP contribution in [0.3, 0.4) is 0 Å². The molecule has 0 spiro atoms. The van der Waals surface area contributed by atoms with E-state index in [2.05, 4.69) is 12.2 Å². The van der Waals surface area contributed by atoms with Crippen LogP contribution in [0.25, 0.3) is 0 Å². The summed E-state index contributed by atoms with van der Waals surface area (Å²) < 4.78 is 28.9. The Bertz CT molecular complexity index is 642. The monoisotopic (exact) mass is 339 g/mol. The summed E-state index contributed by atoms with van der Waals surface area (Å²) in [6.45, 7) is 3.11. The van der Waals surface area contributed by atoms with Crippen molar-refractivity contribution >= 4 is 15.7 Å². The van der Waals surface area contributed by atoms with E-state index in [1.165, 1.54) is 31.4 Å². The molecule has 1 aromatic rings. The Balaban J connectivity index is 1.81. The summed E-state index contributed by atoms with van der Waals surface area (Å²) in [4.78, 5) is 12.2. The van der Waals surface area contributed by atoms with E-state index in [4.69, 9.17) is 4.74 Å². The van der Waals surface area contributed by atoms with Gasteiger partial charge in [0.15, 0.2) is 9.84 Å². The van der Waals surface area contributed by atoms with E-state index < -0.39 is 9.84 Å². The summed E-state index contributed by atoms with van der Waals surface area (Å²) in [7, 11) is -3.31. The first-order valence-corrected chi connectivity index (χ1v) is 9.97. The van der Waals surface area contributed by atoms with Gasteiger partial charge in [0.25, 0.3) is 5.91 Å². The molecule has 0 saturated heterocycles. The third kappa shape index (κ3) is 5.32. The van der Waals surface area contributed by atoms with E-state index in [9.17, 15) is 13.2 Å². The SMILES string of the molecule is C[C@@H]1CCCC[C@H]1OCCNC(=O)c1cccc(S(C)(=O)=O)c1. The molecule has 1 saturated carbocycles. The van der Waals surface area contributed by atoms with Gasteiger partial charge in [0.2, 0.25) is 0 Å². The highest BCUT2D eigenvalue weighted by molar-refractivity contribution is 7.90. The average Bonchev–Trinajstić information content (AvgIpc) is 2.52. The van der Waals surface area contributed by atoms with Gasteiger partial charge in [-0.15, -0.1) is 0 Å². The van der Waals surface area contributed by atoms with E-state index in [1.54, 1.807) is 12.1 Å². The van der Waals surface area contributed by atoms with Gasteiger partial charge in [-0.25, -0.2) is 8.42 Å². The van der Waals surface area contributed by atoms with Crippen LogP contribution in [0.15, 0.2) is 29.2 Å². The summed E-state index contributed by atoms with van der Waals surface area (Å²) in [6.07, 6.45) is 6.19. The Morgan fingerprint density at radius 1 is 1.30 bits per heavy atom. The zero-order chi connectivity index (χ0) is 16.9. The lowest BCUT2D eigenvalue weighted by atomic mass is 9.88. The summed E-state index contributed by atoms with van der Waals surface area (Å²) in [5.74, 6) is 0.293. The van der Waals surface area contributed by atoms with Gasteiger partial charge in [0, 0.05) is 18.4 Å². The van der Waals surface area contributed by atoms with E-state index in [-0.39, 0.29) is 16.9 Å². The van der Waals surface area contributed by atoms with Crippen LogP contribution in [-0.4, -0.2) is 39.8 Å². The normalized spacial score (nSPS) is 21.8. The molecule has 0 aromatic heterocycles. The first kappa shape index (κ1) is 17.9. The molecule has 0 bridgehead atoms. The number of carbonyl (C=O) groups is 1. The second-order valence-electron chi connectivity index (χ2n) is 6.23. The third-order valence-corrected chi connectivity index (χ3v) is 5.39. The Labute approximate surface area is 138 Å². The van der Waals surface area contributed by atoms with Crippen molar-refractivity contribution < 1.29 is 17.9 Å². The first-order chi connectivity index (χ1) is 10.9. The summed E-state index contributed by atoms with van der Waals surface area (Å²) in [5, 5.41) is 2.77. The first-order valence-electron chi connectivity index (χ1n) is 8.08. The van der Waals surface area contributed by atoms with Gasteiger partial charge in [-0.1, -0.05) is 25.8 Å². The van der Waals surface area contributed by atoms with Crippen molar-refractivity contribution in [1.29, 1.82) is 0 Å². The van der Waals surface area contributed by atoms with Gasteiger partial charge in [-0.05, 0) is 37.0 Å². The van der Waals surface area contributed by atoms with Crippen molar-refractivity contribution in [2.75, 3.05) is 19.4 Å². The van der Waals surface area contributed by atoms with Crippen molar-refractivity contribution in [3.05, 3.63) is 29.8 Å². The molecule has 1 aliphatic rings. The van der Waals surface area contributed by atoms with E-state index in [0.29, 0.717) is 24.6 Å². The maximum absolute atomic E-state index is 12.1. The summed E-state index contributed by atoms with van der Waals surface area (Å²) in [6, 6.07) is 6.06. The smallest absolute Gasteiger partial charge is 0.251 e. The summed E-state index contributed by atoms with van der Waals surface area (Å²) >= 11 is 0. The number of hydrogen-bond acceptors (Lipinski definition) is 4. The standard InChI is InChI=1S/C17H25NO4S/c1-13-6-3-4-9-16(13)22-11-10-18-17(19)14-7-5-8-15(12-14)23(2,20)21/h5,7-8,12-13,16H,3-4,6,9-11H2,1-2H3,(H,18,19)/t13-,16-/m1/s1. The van der Waals surface area contributed by atoms with Crippen LogP contribution in [0.4, 0.5) is 0 Å². The van der Waals surface area contributed by atoms with Crippen molar-refractivity contribution in [3.63, 3.8) is 0 Å². The fourth-order valence-electron chi connectivity index (χ4n) is 2.87. The minimum atomic E-state index is -3.31. The predicted octanol–water partition coefficient (Wildman–Crippen LogP) is 2.42. The predicted molar refractivity (Wildman–Crippen MR) is 89.3 cm³/mol. The van der Waals surface area contributed by atoms with Crippen molar-refractivity contribution in [1.82, 2.24) is 5.32 Å². The molecule has 0 radical (unpaired) electrons. The van der Waals surface area contributed by atoms with Gasteiger partial charge in [0.1, 0.15) is 0 Å². The highest BCUT2D eigenvalue weighted by Crippen LogP contribution is 2.25. The molecule has 1 aromatic carbocycles. The van der Waals surface area contributed by atoms with Gasteiger partial charge in [-0.3, -0.25) is 4.79 Å². The number of nitrogens with one attached hydrogen (secondary N) is 1. The number of rotatable bonds is 6. The van der Waals surface area contributed by atoms with Crippen molar-refractivity contribution in [2.24, 2.45) is 5.92 Å². The number of sulfone groups is 1. The molecule has 23 heavy (non-hydrogen) atoms. The molecule has 0 aliphatic heterocycles. The van der Waals surface area contributed by atoms with Crippen molar-refractivity contribution in [2.45, 2.75) is 43.6 Å². The molecule has 2 atom stereocenters. The highest BCUT2D eigenvalue weighted by atomic mass is 32.2. The Kier molecular flexibility index (Phi) is 6.18. The average molecular weight is 339 g/mol. The van der Waals surface area contributed by atoms with E-state index >= 15 is 0 Å². The second-order valence-corrected chi connectivity index (χ2v) is 8.24. The number of ether oxygens (including phenoxy) is 1. The van der Waals surface area contributed by atoms with E-state index in [1.807, 2.05) is 0 Å². The molecule has 0 heterocycles. The Morgan fingerprint density at radius 3 is 2.74 bits per heavy atom. The molecule has 1 aliphatic carbocycles. The molecule has 5 nitrogen and oxygen atoms in total. The quantitative estimate of drug-likeness (QED) is 0.808. The topological polar surface area (TPSA) is 72.5 Å².